The van der Waals surface area contributed by atoms with Gasteiger partial charge in [0, 0.05) is 0 Å². The topological polar surface area (TPSA) is 17.1 Å². The summed E-state index contributed by atoms with van der Waals surface area (Å²) < 4.78 is 0.468. The Morgan fingerprint density at radius 1 is 1.33 bits per heavy atom. The Balaban J connectivity index is 2.99. The molecule has 0 spiro atoms. The van der Waals surface area contributed by atoms with Crippen molar-refractivity contribution in [1.82, 2.24) is 0 Å². The molecular weight excluding hydrogens is 210 g/mol. The fraction of sp³-hybridized carbons (Fsp3) is 0.667. The van der Waals surface area contributed by atoms with Gasteiger partial charge in [0.25, 0.3) is 0 Å². The summed E-state index contributed by atoms with van der Waals surface area (Å²) in [7, 11) is 0. The van der Waals surface area contributed by atoms with Crippen LogP contribution in [0, 0.1) is 0 Å². The van der Waals surface area contributed by atoms with Gasteiger partial charge < -0.3 is 0 Å². The first-order valence-corrected chi connectivity index (χ1v) is 6.57. The number of carbonyl (C=O) groups excluding carboxylic acids is 1. The summed E-state index contributed by atoms with van der Waals surface area (Å²) in [4.78, 5) is 10.2. The van der Waals surface area contributed by atoms with Crippen molar-refractivity contribution in [3.8, 4) is 0 Å². The molecule has 0 fully saturated rings. The van der Waals surface area contributed by atoms with Gasteiger partial charge in [0.1, 0.15) is 0 Å². The van der Waals surface area contributed by atoms with E-state index in [0.717, 1.165) is 0 Å². The van der Waals surface area contributed by atoms with E-state index in [2.05, 4.69) is 0 Å². The third-order valence-electron chi connectivity index (χ3n) is 0.333. The molecule has 0 bridgehead atoms. The Hall–Kier alpha value is 0.709. The average Bonchev–Trinajstić information content (AvgIpc) is 1.65. The monoisotopic (exact) mass is 218 g/mol. The standard InChI is InChI=1S/C3H6OSe2/c1-5-3(4)6-2/h1-2H3. The maximum absolute atomic E-state index is 10.2. The molecule has 3 heteroatoms. The molecule has 0 amide bonds. The second kappa shape index (κ2) is 3.88. The molecule has 0 heterocycles. The first kappa shape index (κ1) is 6.71. The number of carbonyl (C=O) groups is 1. The maximum atomic E-state index is 10.2. The van der Waals surface area contributed by atoms with Gasteiger partial charge in [-0.15, -0.1) is 0 Å². The molecule has 36 valence electrons. The van der Waals surface area contributed by atoms with Crippen molar-refractivity contribution >= 4 is 33.5 Å². The Bertz CT molecular complexity index is 46.8. The summed E-state index contributed by atoms with van der Waals surface area (Å²) in [5.41, 5.74) is 0. The summed E-state index contributed by atoms with van der Waals surface area (Å²) in [5.74, 6) is 3.92. The van der Waals surface area contributed by atoms with Crippen LogP contribution in [0.15, 0.2) is 0 Å². The van der Waals surface area contributed by atoms with E-state index in [0.29, 0.717) is 3.58 Å². The van der Waals surface area contributed by atoms with Crippen LogP contribution in [0.25, 0.3) is 0 Å². The molecule has 1 nitrogen and oxygen atoms in total. The van der Waals surface area contributed by atoms with Gasteiger partial charge in [0.15, 0.2) is 0 Å². The third-order valence-corrected chi connectivity index (χ3v) is 5.37. The molecule has 0 saturated heterocycles. The summed E-state index contributed by atoms with van der Waals surface area (Å²) in [6, 6.07) is 0. The SMILES string of the molecule is C[Se]C(=O)[Se]C. The zero-order valence-electron chi connectivity index (χ0n) is 3.72. The van der Waals surface area contributed by atoms with Crippen LogP contribution in [0.3, 0.4) is 0 Å². The van der Waals surface area contributed by atoms with Crippen molar-refractivity contribution in [2.24, 2.45) is 0 Å². The molecule has 0 N–H and O–H groups in total. The van der Waals surface area contributed by atoms with Gasteiger partial charge in [-0.25, -0.2) is 0 Å². The van der Waals surface area contributed by atoms with Crippen LogP contribution < -0.4 is 0 Å². The van der Waals surface area contributed by atoms with Gasteiger partial charge in [0.2, 0.25) is 0 Å². The van der Waals surface area contributed by atoms with Gasteiger partial charge in [-0.3, -0.25) is 0 Å². The Kier molecular flexibility index (Phi) is 4.34. The third kappa shape index (κ3) is 2.92. The number of hydrogen-bond acceptors (Lipinski definition) is 1. The predicted molar refractivity (Wildman–Crippen MR) is 28.6 cm³/mol. The Morgan fingerprint density at radius 3 is 1.67 bits per heavy atom. The minimum atomic E-state index is 0.273. The van der Waals surface area contributed by atoms with E-state index in [1.165, 1.54) is 0 Å². The summed E-state index contributed by atoms with van der Waals surface area (Å²) >= 11 is 0.545. The van der Waals surface area contributed by atoms with E-state index in [1.807, 2.05) is 11.6 Å². The van der Waals surface area contributed by atoms with Crippen molar-refractivity contribution in [2.75, 3.05) is 0 Å². The van der Waals surface area contributed by atoms with Crippen LogP contribution in [0.5, 0.6) is 0 Å². The first-order chi connectivity index (χ1) is 2.81. The molecule has 0 aliphatic carbocycles. The van der Waals surface area contributed by atoms with E-state index < -0.39 is 0 Å². The summed E-state index contributed by atoms with van der Waals surface area (Å²) in [6.45, 7) is 0. The van der Waals surface area contributed by atoms with Gasteiger partial charge in [-0.2, -0.15) is 0 Å². The van der Waals surface area contributed by atoms with Crippen molar-refractivity contribution in [1.29, 1.82) is 0 Å². The quantitative estimate of drug-likeness (QED) is 0.618. The Morgan fingerprint density at radius 2 is 1.67 bits per heavy atom. The van der Waals surface area contributed by atoms with Gasteiger partial charge in [0.05, 0.1) is 0 Å². The molecule has 0 saturated carbocycles. The van der Waals surface area contributed by atoms with Crippen LogP contribution in [0.2, 0.25) is 11.6 Å². The minimum absolute atomic E-state index is 0.273. The van der Waals surface area contributed by atoms with E-state index in [4.69, 9.17) is 0 Å². The van der Waals surface area contributed by atoms with Gasteiger partial charge >= 0.3 is 49.9 Å². The zero-order chi connectivity index (χ0) is 4.99. The fourth-order valence-corrected chi connectivity index (χ4v) is 2.25. The average molecular weight is 216 g/mol. The molecular formula is C3H6OSe2. The molecule has 0 unspecified atom stereocenters. The van der Waals surface area contributed by atoms with Gasteiger partial charge in [-0.1, -0.05) is 0 Å². The second-order valence-electron chi connectivity index (χ2n) is 0.658. The zero-order valence-corrected chi connectivity index (χ0v) is 7.15. The molecule has 0 radical (unpaired) electrons. The van der Waals surface area contributed by atoms with E-state index in [-0.39, 0.29) is 29.9 Å². The summed E-state index contributed by atoms with van der Waals surface area (Å²) in [5, 5.41) is 0. The van der Waals surface area contributed by atoms with Crippen LogP contribution in [0.4, 0.5) is 4.79 Å². The van der Waals surface area contributed by atoms with E-state index in [9.17, 15) is 4.79 Å². The molecule has 0 aliphatic rings. The van der Waals surface area contributed by atoms with Crippen molar-refractivity contribution in [2.45, 2.75) is 11.6 Å². The molecule has 0 aromatic rings. The summed E-state index contributed by atoms with van der Waals surface area (Å²) in [6.07, 6.45) is 0. The van der Waals surface area contributed by atoms with Crippen LogP contribution in [-0.4, -0.2) is 33.5 Å². The van der Waals surface area contributed by atoms with Crippen molar-refractivity contribution in [3.05, 3.63) is 0 Å². The van der Waals surface area contributed by atoms with Crippen LogP contribution in [-0.2, 0) is 0 Å². The fourth-order valence-electron chi connectivity index (χ4n) is 0.0833. The number of rotatable bonds is 2. The molecule has 0 aromatic carbocycles. The first-order valence-electron chi connectivity index (χ1n) is 1.43. The predicted octanol–water partition coefficient (Wildman–Crippen LogP) is 0.611. The molecule has 0 aromatic heterocycles. The van der Waals surface area contributed by atoms with Crippen LogP contribution >= 0.6 is 0 Å². The molecule has 0 rings (SSSR count). The van der Waals surface area contributed by atoms with E-state index in [1.54, 1.807) is 0 Å². The molecule has 0 atom stereocenters. The number of hydrogen-bond donors (Lipinski definition) is 0. The molecule has 0 aliphatic heterocycles. The molecule has 6 heavy (non-hydrogen) atoms. The van der Waals surface area contributed by atoms with Crippen molar-refractivity contribution in [3.63, 3.8) is 0 Å². The Labute approximate surface area is 50.2 Å². The van der Waals surface area contributed by atoms with Crippen molar-refractivity contribution < 1.29 is 4.79 Å². The van der Waals surface area contributed by atoms with E-state index >= 15 is 0 Å². The van der Waals surface area contributed by atoms with Crippen LogP contribution in [0.1, 0.15) is 0 Å². The van der Waals surface area contributed by atoms with Gasteiger partial charge in [-0.05, 0) is 0 Å². The second-order valence-corrected chi connectivity index (χ2v) is 5.24. The normalized spacial score (nSPS) is 8.33.